The molecule has 0 radical (unpaired) electrons. The molecule has 0 N–H and O–H groups in total. The second-order valence-corrected chi connectivity index (χ2v) is 5.66. The van der Waals surface area contributed by atoms with Crippen molar-refractivity contribution < 1.29 is 0 Å². The average Bonchev–Trinajstić information content (AvgIpc) is 3.16. The van der Waals surface area contributed by atoms with Gasteiger partial charge in [-0.3, -0.25) is 9.39 Å². The van der Waals surface area contributed by atoms with Crippen molar-refractivity contribution in [2.45, 2.75) is 0 Å². The van der Waals surface area contributed by atoms with Crippen LogP contribution in [0.15, 0.2) is 53.9 Å². The third kappa shape index (κ3) is 2.00. The van der Waals surface area contributed by atoms with Gasteiger partial charge in [0.1, 0.15) is 10.7 Å². The van der Waals surface area contributed by atoms with Gasteiger partial charge >= 0.3 is 0 Å². The number of benzene rings is 1. The fourth-order valence-corrected chi connectivity index (χ4v) is 3.06. The quantitative estimate of drug-likeness (QED) is 0.725. The third-order valence-corrected chi connectivity index (χ3v) is 4.22. The Morgan fingerprint density at radius 1 is 1.05 bits per heavy atom. The summed E-state index contributed by atoms with van der Waals surface area (Å²) in [6.45, 7) is 0.885. The van der Waals surface area contributed by atoms with Gasteiger partial charge in [0.25, 0.3) is 0 Å². The molecule has 0 unspecified atom stereocenters. The van der Waals surface area contributed by atoms with Crippen LogP contribution in [0.2, 0.25) is 0 Å². The lowest BCUT2D eigenvalue weighted by atomic mass is 10.1. The summed E-state index contributed by atoms with van der Waals surface area (Å²) in [5.74, 6) is 1.77. The molecule has 0 aliphatic carbocycles. The van der Waals surface area contributed by atoms with Gasteiger partial charge in [0.05, 0.1) is 0 Å². The molecule has 3 aromatic rings. The van der Waals surface area contributed by atoms with E-state index in [4.69, 9.17) is 0 Å². The summed E-state index contributed by atoms with van der Waals surface area (Å²) < 4.78 is 1.97. The predicted molar refractivity (Wildman–Crippen MR) is 82.3 cm³/mol. The number of hydrogen-bond donors (Lipinski definition) is 0. The topological polar surface area (TPSA) is 42.5 Å². The maximum Gasteiger partial charge on any atom is 0.234 e. The lowest BCUT2D eigenvalue weighted by molar-refractivity contribution is 1.11. The van der Waals surface area contributed by atoms with E-state index in [2.05, 4.69) is 33.3 Å². The minimum atomic E-state index is 0.717. The van der Waals surface area contributed by atoms with Crippen LogP contribution in [0.4, 0.5) is 0 Å². The molecule has 0 saturated carbocycles. The summed E-state index contributed by atoms with van der Waals surface area (Å²) in [4.78, 5) is 13.4. The van der Waals surface area contributed by atoms with Crippen LogP contribution >= 0.6 is 11.8 Å². The molecule has 0 atom stereocenters. The lowest BCUT2D eigenvalue weighted by Gasteiger charge is -2.00. The van der Waals surface area contributed by atoms with Crippen molar-refractivity contribution in [1.29, 1.82) is 0 Å². The van der Waals surface area contributed by atoms with Crippen LogP contribution in [0.25, 0.3) is 16.9 Å². The zero-order chi connectivity index (χ0) is 13.4. The third-order valence-electron chi connectivity index (χ3n) is 3.22. The van der Waals surface area contributed by atoms with E-state index in [1.54, 1.807) is 11.8 Å². The molecule has 4 rings (SSSR count). The van der Waals surface area contributed by atoms with Crippen LogP contribution in [-0.4, -0.2) is 31.7 Å². The fourth-order valence-electron chi connectivity index (χ4n) is 2.26. The average molecular weight is 280 g/mol. The number of hydrogen-bond acceptors (Lipinski definition) is 4. The summed E-state index contributed by atoms with van der Waals surface area (Å²) >= 11 is 1.76. The molecular weight excluding hydrogens is 268 g/mol. The predicted octanol–water partition coefficient (Wildman–Crippen LogP) is 2.89. The highest BCUT2D eigenvalue weighted by Crippen LogP contribution is 2.21. The summed E-state index contributed by atoms with van der Waals surface area (Å²) in [6, 6.07) is 10.2. The minimum absolute atomic E-state index is 0.717. The van der Waals surface area contributed by atoms with Gasteiger partial charge in [0.15, 0.2) is 0 Å². The molecule has 1 aliphatic rings. The van der Waals surface area contributed by atoms with Crippen LogP contribution in [0.5, 0.6) is 0 Å². The maximum atomic E-state index is 4.53. The molecule has 0 bridgehead atoms. The van der Waals surface area contributed by atoms with E-state index in [0.29, 0.717) is 0 Å². The van der Waals surface area contributed by atoms with Crippen molar-refractivity contribution in [2.24, 2.45) is 4.99 Å². The van der Waals surface area contributed by atoms with Gasteiger partial charge in [0, 0.05) is 36.5 Å². The molecule has 1 aliphatic heterocycles. The second kappa shape index (κ2) is 4.76. The van der Waals surface area contributed by atoms with E-state index in [0.717, 1.165) is 39.9 Å². The van der Waals surface area contributed by atoms with Gasteiger partial charge in [-0.15, -0.1) is 11.8 Å². The zero-order valence-electron chi connectivity index (χ0n) is 10.7. The summed E-state index contributed by atoms with van der Waals surface area (Å²) in [5.41, 5.74) is 3.16. The number of aliphatic imine (C=N–C) groups is 1. The molecule has 2 aromatic heterocycles. The first-order valence-corrected chi connectivity index (χ1v) is 7.46. The number of rotatable bonds is 2. The summed E-state index contributed by atoms with van der Waals surface area (Å²) in [7, 11) is 0. The number of aromatic nitrogens is 3. The largest absolute Gasteiger partial charge is 0.290 e. The van der Waals surface area contributed by atoms with Gasteiger partial charge in [-0.1, -0.05) is 30.3 Å². The van der Waals surface area contributed by atoms with Crippen molar-refractivity contribution in [1.82, 2.24) is 14.4 Å². The smallest absolute Gasteiger partial charge is 0.234 e. The Bertz CT molecular complexity index is 792. The van der Waals surface area contributed by atoms with E-state index >= 15 is 0 Å². The van der Waals surface area contributed by atoms with E-state index in [-0.39, 0.29) is 0 Å². The first kappa shape index (κ1) is 11.7. The van der Waals surface area contributed by atoms with E-state index < -0.39 is 0 Å². The van der Waals surface area contributed by atoms with Gasteiger partial charge in [-0.2, -0.15) is 0 Å². The Morgan fingerprint density at radius 3 is 2.75 bits per heavy atom. The first-order valence-electron chi connectivity index (χ1n) is 6.48. The first-order chi connectivity index (χ1) is 9.90. The van der Waals surface area contributed by atoms with Gasteiger partial charge in [-0.25, -0.2) is 9.97 Å². The Hall–Kier alpha value is -2.14. The zero-order valence-corrected chi connectivity index (χ0v) is 11.5. The highest BCUT2D eigenvalue weighted by molar-refractivity contribution is 8.14. The molecule has 98 valence electrons. The molecule has 0 fully saturated rings. The monoisotopic (exact) mass is 280 g/mol. The van der Waals surface area contributed by atoms with E-state index in [1.807, 2.05) is 35.0 Å². The van der Waals surface area contributed by atoms with Crippen LogP contribution < -0.4 is 0 Å². The SMILES string of the molecule is c1ccc(-c2cnc3nc(C4=NCCS4)cn3c2)cc1. The van der Waals surface area contributed by atoms with Crippen LogP contribution in [0.3, 0.4) is 0 Å². The molecule has 0 saturated heterocycles. The normalized spacial score (nSPS) is 14.7. The number of nitrogens with zero attached hydrogens (tertiary/aromatic N) is 4. The van der Waals surface area contributed by atoms with Crippen molar-refractivity contribution in [3.8, 4) is 11.1 Å². The van der Waals surface area contributed by atoms with Crippen molar-refractivity contribution in [3.05, 3.63) is 54.6 Å². The highest BCUT2D eigenvalue weighted by atomic mass is 32.2. The molecule has 3 heterocycles. The van der Waals surface area contributed by atoms with Crippen LogP contribution in [0, 0.1) is 0 Å². The van der Waals surface area contributed by atoms with Crippen molar-refractivity contribution in [2.75, 3.05) is 12.3 Å². The highest BCUT2D eigenvalue weighted by Gasteiger charge is 2.14. The Balaban J connectivity index is 1.80. The Labute approximate surface area is 120 Å². The Kier molecular flexibility index (Phi) is 2.77. The molecule has 5 heteroatoms. The molecule has 20 heavy (non-hydrogen) atoms. The number of imidazole rings is 1. The van der Waals surface area contributed by atoms with Crippen LogP contribution in [0.1, 0.15) is 5.69 Å². The van der Waals surface area contributed by atoms with Gasteiger partial charge in [0.2, 0.25) is 5.78 Å². The summed E-state index contributed by atoms with van der Waals surface area (Å²) in [5, 5.41) is 1.02. The van der Waals surface area contributed by atoms with Gasteiger partial charge in [-0.05, 0) is 5.56 Å². The van der Waals surface area contributed by atoms with Gasteiger partial charge < -0.3 is 0 Å². The van der Waals surface area contributed by atoms with E-state index in [1.165, 1.54) is 0 Å². The molecule has 0 amide bonds. The maximum absolute atomic E-state index is 4.53. The lowest BCUT2D eigenvalue weighted by Crippen LogP contribution is -1.90. The van der Waals surface area contributed by atoms with Crippen molar-refractivity contribution in [3.63, 3.8) is 0 Å². The molecule has 4 nitrogen and oxygen atoms in total. The minimum Gasteiger partial charge on any atom is -0.290 e. The van der Waals surface area contributed by atoms with E-state index in [9.17, 15) is 0 Å². The standard InChI is InChI=1S/C15H12N4S/c1-2-4-11(5-3-1)12-8-17-15-18-13(10-19(15)9-12)14-16-6-7-20-14/h1-5,8-10H,6-7H2. The van der Waals surface area contributed by atoms with Crippen molar-refractivity contribution >= 4 is 22.6 Å². The number of thioether (sulfide) groups is 1. The second-order valence-electron chi connectivity index (χ2n) is 4.58. The number of fused-ring (bicyclic) bond motifs is 1. The molecule has 1 aromatic carbocycles. The fraction of sp³-hybridized carbons (Fsp3) is 0.133. The molecule has 0 spiro atoms. The Morgan fingerprint density at radius 2 is 1.95 bits per heavy atom. The van der Waals surface area contributed by atoms with Crippen LogP contribution in [-0.2, 0) is 0 Å². The molecular formula is C15H12N4S. The summed E-state index contributed by atoms with van der Waals surface area (Å²) in [6.07, 6.45) is 5.94.